The van der Waals surface area contributed by atoms with Gasteiger partial charge in [-0.15, -0.1) is 0 Å². The lowest BCUT2D eigenvalue weighted by Gasteiger charge is -2.41. The molecule has 66 valence electrons. The highest BCUT2D eigenvalue weighted by atomic mass is 32.2. The zero-order valence-electron chi connectivity index (χ0n) is 6.38. The second-order valence-corrected chi connectivity index (χ2v) is 5.28. The summed E-state index contributed by atoms with van der Waals surface area (Å²) in [4.78, 5) is 0. The van der Waals surface area contributed by atoms with Gasteiger partial charge in [0.15, 0.2) is 9.84 Å². The van der Waals surface area contributed by atoms with Crippen LogP contribution >= 0.6 is 0 Å². The van der Waals surface area contributed by atoms with E-state index in [-0.39, 0.29) is 18.1 Å². The second-order valence-electron chi connectivity index (χ2n) is 3.21. The molecule has 0 bridgehead atoms. The Labute approximate surface area is 65.7 Å². The van der Waals surface area contributed by atoms with E-state index in [4.69, 9.17) is 5.73 Å². The third kappa shape index (κ3) is 1.39. The third-order valence-electron chi connectivity index (χ3n) is 2.27. The van der Waals surface area contributed by atoms with Crippen molar-refractivity contribution in [3.63, 3.8) is 0 Å². The van der Waals surface area contributed by atoms with Crippen molar-refractivity contribution >= 4 is 9.84 Å². The van der Waals surface area contributed by atoms with Crippen LogP contribution in [0.15, 0.2) is 0 Å². The van der Waals surface area contributed by atoms with Crippen LogP contribution in [0.4, 0.5) is 4.39 Å². The molecule has 0 aromatic carbocycles. The van der Waals surface area contributed by atoms with Crippen LogP contribution in [-0.2, 0) is 9.84 Å². The molecule has 0 aromatic rings. The first kappa shape index (κ1) is 8.93. The molecule has 1 fully saturated rings. The van der Waals surface area contributed by atoms with Gasteiger partial charge in [-0.1, -0.05) is 0 Å². The predicted octanol–water partition coefficient (Wildman–Crippen LogP) is -0.282. The summed E-state index contributed by atoms with van der Waals surface area (Å²) in [7, 11) is -2.97. The summed E-state index contributed by atoms with van der Waals surface area (Å²) in [5.41, 5.74) is 4.51. The number of sulfone groups is 1. The summed E-state index contributed by atoms with van der Waals surface area (Å²) in [5.74, 6) is -0.178. The molecular weight excluding hydrogens is 169 g/mol. The van der Waals surface area contributed by atoms with Crippen LogP contribution in [0.25, 0.3) is 0 Å². The molecule has 0 spiro atoms. The van der Waals surface area contributed by atoms with Crippen molar-refractivity contribution in [2.24, 2.45) is 11.1 Å². The standard InChI is InChI=1S/C6H12FNO2S/c1-5(7)6(2-8)3-11(9,10)4-6/h5H,2-4,8H2,1H3. The Morgan fingerprint density at radius 1 is 1.64 bits per heavy atom. The minimum atomic E-state index is -2.97. The number of hydrogen-bond acceptors (Lipinski definition) is 3. The average Bonchev–Trinajstić information content (AvgIpc) is 1.81. The van der Waals surface area contributed by atoms with Crippen molar-refractivity contribution in [3.05, 3.63) is 0 Å². The molecule has 1 aliphatic rings. The number of nitrogens with two attached hydrogens (primary N) is 1. The molecule has 0 radical (unpaired) electrons. The second kappa shape index (κ2) is 2.42. The van der Waals surface area contributed by atoms with E-state index in [0.29, 0.717) is 0 Å². The van der Waals surface area contributed by atoms with Crippen LogP contribution in [0.5, 0.6) is 0 Å². The van der Waals surface area contributed by atoms with Crippen molar-refractivity contribution in [2.75, 3.05) is 18.1 Å². The van der Waals surface area contributed by atoms with Gasteiger partial charge < -0.3 is 5.73 Å². The molecule has 3 nitrogen and oxygen atoms in total. The highest BCUT2D eigenvalue weighted by Gasteiger charge is 2.51. The highest BCUT2D eigenvalue weighted by Crippen LogP contribution is 2.36. The summed E-state index contributed by atoms with van der Waals surface area (Å²) < 4.78 is 34.3. The van der Waals surface area contributed by atoms with E-state index in [2.05, 4.69) is 0 Å². The van der Waals surface area contributed by atoms with Gasteiger partial charge >= 0.3 is 0 Å². The summed E-state index contributed by atoms with van der Waals surface area (Å²) in [6, 6.07) is 0. The lowest BCUT2D eigenvalue weighted by molar-refractivity contribution is 0.158. The zero-order valence-corrected chi connectivity index (χ0v) is 7.20. The van der Waals surface area contributed by atoms with Crippen LogP contribution < -0.4 is 5.73 Å². The Kier molecular flexibility index (Phi) is 1.96. The minimum absolute atomic E-state index is 0.0891. The van der Waals surface area contributed by atoms with Crippen molar-refractivity contribution in [2.45, 2.75) is 13.1 Å². The first-order valence-corrected chi connectivity index (χ1v) is 5.29. The Balaban J connectivity index is 2.72. The number of halogens is 1. The van der Waals surface area contributed by atoms with E-state index < -0.39 is 21.4 Å². The molecule has 1 atom stereocenters. The van der Waals surface area contributed by atoms with Crippen molar-refractivity contribution in [1.29, 1.82) is 0 Å². The van der Waals surface area contributed by atoms with Crippen LogP contribution in [0, 0.1) is 5.41 Å². The minimum Gasteiger partial charge on any atom is -0.330 e. The molecule has 0 aromatic heterocycles. The fourth-order valence-corrected chi connectivity index (χ4v) is 3.71. The van der Waals surface area contributed by atoms with E-state index >= 15 is 0 Å². The Morgan fingerprint density at radius 3 is 2.18 bits per heavy atom. The van der Waals surface area contributed by atoms with Crippen LogP contribution in [0.3, 0.4) is 0 Å². The van der Waals surface area contributed by atoms with Gasteiger partial charge in [0.25, 0.3) is 0 Å². The van der Waals surface area contributed by atoms with E-state index in [1.807, 2.05) is 0 Å². The van der Waals surface area contributed by atoms with Crippen LogP contribution in [-0.4, -0.2) is 32.6 Å². The van der Waals surface area contributed by atoms with E-state index in [1.165, 1.54) is 6.92 Å². The average molecular weight is 181 g/mol. The molecular formula is C6H12FNO2S. The third-order valence-corrected chi connectivity index (χ3v) is 4.29. The molecule has 1 unspecified atom stereocenters. The molecule has 1 saturated heterocycles. The Bertz CT molecular complexity index is 235. The van der Waals surface area contributed by atoms with Gasteiger partial charge in [-0.3, -0.25) is 0 Å². The molecule has 0 saturated carbocycles. The van der Waals surface area contributed by atoms with Gasteiger partial charge in [-0.2, -0.15) is 0 Å². The fourth-order valence-electron chi connectivity index (χ4n) is 1.34. The smallest absolute Gasteiger partial charge is 0.151 e. The number of alkyl halides is 1. The fraction of sp³-hybridized carbons (Fsp3) is 1.00. The maximum absolute atomic E-state index is 12.8. The molecule has 2 N–H and O–H groups in total. The van der Waals surface area contributed by atoms with Crippen molar-refractivity contribution in [3.8, 4) is 0 Å². The van der Waals surface area contributed by atoms with E-state index in [0.717, 1.165) is 0 Å². The maximum Gasteiger partial charge on any atom is 0.151 e. The molecule has 5 heteroatoms. The van der Waals surface area contributed by atoms with Crippen molar-refractivity contribution < 1.29 is 12.8 Å². The lowest BCUT2D eigenvalue weighted by atomic mass is 9.87. The quantitative estimate of drug-likeness (QED) is 0.637. The normalized spacial score (nSPS) is 29.0. The monoisotopic (exact) mass is 181 g/mol. The summed E-state index contributed by atoms with van der Waals surface area (Å²) in [6.45, 7) is 1.48. The van der Waals surface area contributed by atoms with Crippen LogP contribution in [0.2, 0.25) is 0 Å². The van der Waals surface area contributed by atoms with Crippen LogP contribution in [0.1, 0.15) is 6.92 Å². The topological polar surface area (TPSA) is 60.2 Å². The summed E-state index contributed by atoms with van der Waals surface area (Å²) in [6.07, 6.45) is -1.13. The molecule has 1 aliphatic heterocycles. The van der Waals surface area contributed by atoms with Gasteiger partial charge in [-0.25, -0.2) is 12.8 Å². The van der Waals surface area contributed by atoms with E-state index in [9.17, 15) is 12.8 Å². The first-order valence-electron chi connectivity index (χ1n) is 3.46. The summed E-state index contributed by atoms with van der Waals surface area (Å²) in [5, 5.41) is 0. The number of rotatable bonds is 2. The first-order chi connectivity index (χ1) is 4.92. The largest absolute Gasteiger partial charge is 0.330 e. The molecule has 1 rings (SSSR count). The zero-order chi connectivity index (χ0) is 8.70. The van der Waals surface area contributed by atoms with Gasteiger partial charge in [-0.05, 0) is 6.92 Å². The lowest BCUT2D eigenvalue weighted by Crippen LogP contribution is -2.57. The van der Waals surface area contributed by atoms with Crippen molar-refractivity contribution in [1.82, 2.24) is 0 Å². The van der Waals surface area contributed by atoms with Gasteiger partial charge in [0.1, 0.15) is 6.17 Å². The van der Waals surface area contributed by atoms with E-state index in [1.54, 1.807) is 0 Å². The van der Waals surface area contributed by atoms with Gasteiger partial charge in [0, 0.05) is 12.0 Å². The molecule has 1 heterocycles. The molecule has 0 aliphatic carbocycles. The molecule has 0 amide bonds. The van der Waals surface area contributed by atoms with Gasteiger partial charge in [0.2, 0.25) is 0 Å². The van der Waals surface area contributed by atoms with Gasteiger partial charge in [0.05, 0.1) is 11.5 Å². The predicted molar refractivity (Wildman–Crippen MR) is 40.7 cm³/mol. The highest BCUT2D eigenvalue weighted by molar-refractivity contribution is 7.92. The molecule has 11 heavy (non-hydrogen) atoms. The number of hydrogen-bond donors (Lipinski definition) is 1. The Hall–Kier alpha value is -0.160. The Morgan fingerprint density at radius 2 is 2.09 bits per heavy atom. The maximum atomic E-state index is 12.8. The SMILES string of the molecule is CC(F)C1(CN)CS(=O)(=O)C1. The summed E-state index contributed by atoms with van der Waals surface area (Å²) >= 11 is 0.